The van der Waals surface area contributed by atoms with Gasteiger partial charge < -0.3 is 10.6 Å². The lowest BCUT2D eigenvalue weighted by molar-refractivity contribution is -0.120. The molecule has 0 aliphatic heterocycles. The SMILES string of the molecule is CC(=O)NC(NC=O)C(Cl)(Cl)Cl. The van der Waals surface area contributed by atoms with Crippen LogP contribution < -0.4 is 10.6 Å². The van der Waals surface area contributed by atoms with Crippen LogP contribution in [0.2, 0.25) is 0 Å². The number of halogens is 3. The average Bonchev–Trinajstić information content (AvgIpc) is 1.83. The predicted molar refractivity (Wildman–Crippen MR) is 47.1 cm³/mol. The zero-order valence-electron chi connectivity index (χ0n) is 6.11. The summed E-state index contributed by atoms with van der Waals surface area (Å²) in [4.78, 5) is 20.5. The van der Waals surface area contributed by atoms with Gasteiger partial charge in [-0.1, -0.05) is 34.8 Å². The first kappa shape index (κ1) is 11.8. The molecule has 0 aliphatic rings. The first-order valence-corrected chi connectivity index (χ1v) is 4.05. The van der Waals surface area contributed by atoms with Crippen LogP contribution in [0.5, 0.6) is 0 Å². The highest BCUT2D eigenvalue weighted by Gasteiger charge is 2.32. The molecule has 12 heavy (non-hydrogen) atoms. The number of carbonyl (C=O) groups excluding carboxylic acids is 2. The summed E-state index contributed by atoms with van der Waals surface area (Å²) >= 11 is 16.3. The van der Waals surface area contributed by atoms with Gasteiger partial charge in [0.25, 0.3) is 0 Å². The van der Waals surface area contributed by atoms with Gasteiger partial charge in [-0.2, -0.15) is 0 Å². The van der Waals surface area contributed by atoms with E-state index >= 15 is 0 Å². The summed E-state index contributed by atoms with van der Waals surface area (Å²) in [5.74, 6) is -0.402. The number of hydrogen-bond donors (Lipinski definition) is 2. The molecule has 0 radical (unpaired) electrons. The van der Waals surface area contributed by atoms with Gasteiger partial charge in [0.05, 0.1) is 0 Å². The quantitative estimate of drug-likeness (QED) is 0.425. The number of hydrogen-bond acceptors (Lipinski definition) is 2. The van der Waals surface area contributed by atoms with Crippen molar-refractivity contribution in [1.29, 1.82) is 0 Å². The first-order valence-electron chi connectivity index (χ1n) is 2.91. The largest absolute Gasteiger partial charge is 0.335 e. The standard InChI is InChI=1S/C5H7Cl3N2O2/c1-3(12)10-4(9-2-11)5(6,7)8/h2,4H,1H3,(H,9,11)(H,10,12). The van der Waals surface area contributed by atoms with Gasteiger partial charge in [-0.25, -0.2) is 0 Å². The van der Waals surface area contributed by atoms with Crippen LogP contribution in [0.15, 0.2) is 0 Å². The minimum absolute atomic E-state index is 0.336. The number of rotatable bonds is 3. The van der Waals surface area contributed by atoms with Gasteiger partial charge in [-0.3, -0.25) is 9.59 Å². The number of alkyl halides is 3. The second kappa shape index (κ2) is 4.74. The lowest BCUT2D eigenvalue weighted by atomic mass is 10.5. The van der Waals surface area contributed by atoms with Crippen LogP contribution in [-0.2, 0) is 9.59 Å². The van der Waals surface area contributed by atoms with Gasteiger partial charge in [0, 0.05) is 6.92 Å². The molecule has 0 aliphatic carbocycles. The Kier molecular flexibility index (Phi) is 4.67. The maximum absolute atomic E-state index is 10.5. The summed E-state index contributed by atoms with van der Waals surface area (Å²) in [7, 11) is 0. The fourth-order valence-corrected chi connectivity index (χ4v) is 0.842. The van der Waals surface area contributed by atoms with Crippen molar-refractivity contribution in [3.63, 3.8) is 0 Å². The highest BCUT2D eigenvalue weighted by atomic mass is 35.6. The van der Waals surface area contributed by atoms with Crippen LogP contribution >= 0.6 is 34.8 Å². The van der Waals surface area contributed by atoms with Crippen molar-refractivity contribution in [2.75, 3.05) is 0 Å². The minimum atomic E-state index is -1.76. The first-order chi connectivity index (χ1) is 5.38. The van der Waals surface area contributed by atoms with Crippen molar-refractivity contribution in [1.82, 2.24) is 10.6 Å². The molecule has 70 valence electrons. The van der Waals surface area contributed by atoms with E-state index in [1.807, 2.05) is 0 Å². The van der Waals surface area contributed by atoms with Crippen molar-refractivity contribution >= 4 is 47.1 Å². The van der Waals surface area contributed by atoms with E-state index in [1.54, 1.807) is 0 Å². The molecular weight excluding hydrogens is 226 g/mol. The van der Waals surface area contributed by atoms with Crippen LogP contribution in [0.4, 0.5) is 0 Å². The second-order valence-corrected chi connectivity index (χ2v) is 4.33. The lowest BCUT2D eigenvalue weighted by Gasteiger charge is -2.23. The summed E-state index contributed by atoms with van der Waals surface area (Å²) < 4.78 is -1.76. The molecular formula is C5H7Cl3N2O2. The Morgan fingerprint density at radius 3 is 2.25 bits per heavy atom. The molecule has 7 heteroatoms. The van der Waals surface area contributed by atoms with E-state index in [-0.39, 0.29) is 0 Å². The monoisotopic (exact) mass is 232 g/mol. The fourth-order valence-electron chi connectivity index (χ4n) is 0.489. The maximum atomic E-state index is 10.5. The average molecular weight is 233 g/mol. The zero-order chi connectivity index (χ0) is 9.78. The highest BCUT2D eigenvalue weighted by Crippen LogP contribution is 2.28. The van der Waals surface area contributed by atoms with E-state index < -0.39 is 15.9 Å². The highest BCUT2D eigenvalue weighted by molar-refractivity contribution is 6.68. The Labute approximate surface area is 84.5 Å². The third-order valence-corrected chi connectivity index (χ3v) is 1.56. The molecule has 1 atom stereocenters. The third kappa shape index (κ3) is 4.64. The Morgan fingerprint density at radius 2 is 2.00 bits per heavy atom. The van der Waals surface area contributed by atoms with Crippen LogP contribution in [0.1, 0.15) is 6.92 Å². The Morgan fingerprint density at radius 1 is 1.50 bits per heavy atom. The summed E-state index contributed by atoms with van der Waals surface area (Å²) in [6.07, 6.45) is -0.680. The molecule has 0 saturated heterocycles. The Bertz CT molecular complexity index is 180. The summed E-state index contributed by atoms with van der Waals surface area (Å²) in [5, 5.41) is 4.39. The smallest absolute Gasteiger partial charge is 0.228 e. The van der Waals surface area contributed by atoms with E-state index in [0.717, 1.165) is 0 Å². The van der Waals surface area contributed by atoms with Gasteiger partial charge in [0.1, 0.15) is 6.17 Å². The van der Waals surface area contributed by atoms with Crippen LogP contribution in [-0.4, -0.2) is 22.3 Å². The molecule has 0 saturated carbocycles. The minimum Gasteiger partial charge on any atom is -0.335 e. The van der Waals surface area contributed by atoms with Gasteiger partial charge in [0.15, 0.2) is 0 Å². The fraction of sp³-hybridized carbons (Fsp3) is 0.600. The Hall–Kier alpha value is -0.190. The number of nitrogens with one attached hydrogen (secondary N) is 2. The molecule has 0 spiro atoms. The summed E-state index contributed by atoms with van der Waals surface area (Å²) in [6.45, 7) is 1.25. The van der Waals surface area contributed by atoms with Gasteiger partial charge in [0.2, 0.25) is 16.1 Å². The Balaban J connectivity index is 4.22. The molecule has 0 fully saturated rings. The molecule has 4 nitrogen and oxygen atoms in total. The van der Waals surface area contributed by atoms with Gasteiger partial charge in [-0.05, 0) is 0 Å². The molecule has 0 aromatic carbocycles. The molecule has 0 bridgehead atoms. The third-order valence-electron chi connectivity index (χ3n) is 0.910. The lowest BCUT2D eigenvalue weighted by Crippen LogP contribution is -2.52. The molecule has 2 N–H and O–H groups in total. The number of carbonyl (C=O) groups is 2. The van der Waals surface area contributed by atoms with Crippen molar-refractivity contribution in [3.8, 4) is 0 Å². The zero-order valence-corrected chi connectivity index (χ0v) is 8.37. The van der Waals surface area contributed by atoms with E-state index in [4.69, 9.17) is 34.8 Å². The molecule has 2 amide bonds. The molecule has 0 rings (SSSR count). The van der Waals surface area contributed by atoms with E-state index in [1.165, 1.54) is 6.92 Å². The van der Waals surface area contributed by atoms with Crippen molar-refractivity contribution in [3.05, 3.63) is 0 Å². The summed E-state index contributed by atoms with van der Waals surface area (Å²) in [5.41, 5.74) is 0. The molecule has 0 heterocycles. The van der Waals surface area contributed by atoms with E-state index in [0.29, 0.717) is 6.41 Å². The topological polar surface area (TPSA) is 58.2 Å². The van der Waals surface area contributed by atoms with Crippen LogP contribution in [0.3, 0.4) is 0 Å². The van der Waals surface area contributed by atoms with Crippen molar-refractivity contribution in [2.24, 2.45) is 0 Å². The van der Waals surface area contributed by atoms with Crippen molar-refractivity contribution in [2.45, 2.75) is 16.9 Å². The molecule has 0 aromatic rings. The maximum Gasteiger partial charge on any atom is 0.228 e. The van der Waals surface area contributed by atoms with Gasteiger partial charge >= 0.3 is 0 Å². The normalized spacial score (nSPS) is 13.3. The van der Waals surface area contributed by atoms with E-state index in [2.05, 4.69) is 10.6 Å². The van der Waals surface area contributed by atoms with E-state index in [9.17, 15) is 9.59 Å². The number of amides is 2. The van der Waals surface area contributed by atoms with Crippen LogP contribution in [0.25, 0.3) is 0 Å². The van der Waals surface area contributed by atoms with Gasteiger partial charge in [-0.15, -0.1) is 0 Å². The summed E-state index contributed by atoms with van der Waals surface area (Å²) in [6, 6.07) is 0. The molecule has 1 unspecified atom stereocenters. The van der Waals surface area contributed by atoms with Crippen molar-refractivity contribution < 1.29 is 9.59 Å². The molecule has 0 aromatic heterocycles. The van der Waals surface area contributed by atoms with Crippen LogP contribution in [0, 0.1) is 0 Å². The predicted octanol–water partition coefficient (Wildman–Crippen LogP) is 0.565. The second-order valence-electron chi connectivity index (χ2n) is 1.96.